The van der Waals surface area contributed by atoms with Gasteiger partial charge in [0.2, 0.25) is 5.76 Å². The molecule has 29 heavy (non-hydrogen) atoms. The molecule has 0 aliphatic rings. The quantitative estimate of drug-likeness (QED) is 0.345. The van der Waals surface area contributed by atoms with Crippen molar-refractivity contribution in [3.63, 3.8) is 0 Å². The van der Waals surface area contributed by atoms with Crippen molar-refractivity contribution in [3.05, 3.63) is 89.3 Å². The summed E-state index contributed by atoms with van der Waals surface area (Å²) in [5.41, 5.74) is 3.19. The molecular formula is C23H19FN2O3. The topological polar surface area (TPSA) is 56.7 Å². The lowest BCUT2D eigenvalue weighted by molar-refractivity contribution is 0.0563. The summed E-state index contributed by atoms with van der Waals surface area (Å²) in [7, 11) is 1.32. The zero-order valence-corrected chi connectivity index (χ0v) is 16.1. The van der Waals surface area contributed by atoms with Crippen molar-refractivity contribution in [2.45, 2.75) is 13.5 Å². The van der Waals surface area contributed by atoms with Crippen LogP contribution in [-0.2, 0) is 11.3 Å². The normalized spacial score (nSPS) is 11.4. The summed E-state index contributed by atoms with van der Waals surface area (Å²) in [6.07, 6.45) is 3.75. The van der Waals surface area contributed by atoms with Gasteiger partial charge in [0.05, 0.1) is 19.3 Å². The lowest BCUT2D eigenvalue weighted by atomic mass is 10.2. The van der Waals surface area contributed by atoms with Gasteiger partial charge in [0, 0.05) is 28.9 Å². The molecule has 0 radical (unpaired) electrons. The molecule has 2 aromatic carbocycles. The zero-order chi connectivity index (χ0) is 20.4. The molecule has 0 atom stereocenters. The van der Waals surface area contributed by atoms with Crippen LogP contribution in [0, 0.1) is 12.7 Å². The lowest BCUT2D eigenvalue weighted by Gasteiger charge is -2.02. The van der Waals surface area contributed by atoms with Gasteiger partial charge in [-0.15, -0.1) is 0 Å². The van der Waals surface area contributed by atoms with Crippen LogP contribution in [0.3, 0.4) is 0 Å². The van der Waals surface area contributed by atoms with Crippen LogP contribution in [-0.4, -0.2) is 23.9 Å². The number of aliphatic imine (C=N–C) groups is 1. The van der Waals surface area contributed by atoms with Gasteiger partial charge >= 0.3 is 5.97 Å². The maximum absolute atomic E-state index is 13.5. The van der Waals surface area contributed by atoms with Crippen molar-refractivity contribution in [1.29, 1.82) is 0 Å². The molecule has 0 aliphatic carbocycles. The Hall–Kier alpha value is -3.67. The number of esters is 1. The molecule has 0 saturated heterocycles. The number of fused-ring (bicyclic) bond motifs is 1. The van der Waals surface area contributed by atoms with E-state index in [0.717, 1.165) is 16.5 Å². The lowest BCUT2D eigenvalue weighted by Crippen LogP contribution is -1.99. The fourth-order valence-electron chi connectivity index (χ4n) is 3.20. The van der Waals surface area contributed by atoms with Crippen LogP contribution < -0.4 is 0 Å². The number of methoxy groups -OCH3 is 1. The fourth-order valence-corrected chi connectivity index (χ4v) is 3.20. The molecule has 4 rings (SSSR count). The molecule has 0 aliphatic heterocycles. The van der Waals surface area contributed by atoms with Crippen molar-refractivity contribution < 1.29 is 18.3 Å². The maximum Gasteiger partial charge on any atom is 0.373 e. The SMILES string of the molecule is COC(=O)c1ccc(Cn2cc(C=Nc3ccc(F)c(C)c3)c3ccccc32)o1. The van der Waals surface area contributed by atoms with Crippen LogP contribution in [0.1, 0.15) is 27.4 Å². The van der Waals surface area contributed by atoms with Crippen molar-refractivity contribution in [2.24, 2.45) is 4.99 Å². The second kappa shape index (κ2) is 7.75. The van der Waals surface area contributed by atoms with Gasteiger partial charge in [0.15, 0.2) is 0 Å². The van der Waals surface area contributed by atoms with E-state index in [2.05, 4.69) is 9.73 Å². The highest BCUT2D eigenvalue weighted by molar-refractivity contribution is 6.00. The number of nitrogens with zero attached hydrogens (tertiary/aromatic N) is 2. The molecule has 0 spiro atoms. The molecule has 5 nitrogen and oxygen atoms in total. The number of aryl methyl sites for hydroxylation is 1. The molecule has 0 amide bonds. The Kier molecular flexibility index (Phi) is 4.99. The largest absolute Gasteiger partial charge is 0.463 e. The van der Waals surface area contributed by atoms with Gasteiger partial charge in [-0.05, 0) is 48.9 Å². The predicted molar refractivity (Wildman–Crippen MR) is 109 cm³/mol. The summed E-state index contributed by atoms with van der Waals surface area (Å²) in [5.74, 6) is 0.0672. The van der Waals surface area contributed by atoms with Gasteiger partial charge < -0.3 is 13.7 Å². The van der Waals surface area contributed by atoms with E-state index >= 15 is 0 Å². The minimum atomic E-state index is -0.504. The third kappa shape index (κ3) is 3.82. The number of para-hydroxylation sites is 1. The number of hydrogen-bond acceptors (Lipinski definition) is 4. The van der Waals surface area contributed by atoms with Crippen LogP contribution >= 0.6 is 0 Å². The summed E-state index contributed by atoms with van der Waals surface area (Å²) < 4.78 is 25.8. The molecule has 0 bridgehead atoms. The Labute approximate surface area is 167 Å². The third-order valence-electron chi connectivity index (χ3n) is 4.69. The number of rotatable bonds is 5. The van der Waals surface area contributed by atoms with Crippen molar-refractivity contribution >= 4 is 28.8 Å². The Morgan fingerprint density at radius 3 is 2.83 bits per heavy atom. The van der Waals surface area contributed by atoms with Gasteiger partial charge in [-0.2, -0.15) is 0 Å². The van der Waals surface area contributed by atoms with Crippen molar-refractivity contribution in [1.82, 2.24) is 4.57 Å². The first-order valence-corrected chi connectivity index (χ1v) is 9.10. The minimum Gasteiger partial charge on any atom is -0.463 e. The molecule has 146 valence electrons. The van der Waals surface area contributed by atoms with E-state index in [1.165, 1.54) is 13.2 Å². The molecule has 4 aromatic rings. The number of carbonyl (C=O) groups is 1. The summed E-state index contributed by atoms with van der Waals surface area (Å²) >= 11 is 0. The smallest absolute Gasteiger partial charge is 0.373 e. The Morgan fingerprint density at radius 2 is 2.03 bits per heavy atom. The molecule has 0 fully saturated rings. The molecule has 6 heteroatoms. The van der Waals surface area contributed by atoms with Gasteiger partial charge in [0.1, 0.15) is 11.6 Å². The molecule has 2 aromatic heterocycles. The van der Waals surface area contributed by atoms with E-state index in [-0.39, 0.29) is 11.6 Å². The first-order chi connectivity index (χ1) is 14.0. The summed E-state index contributed by atoms with van der Waals surface area (Å²) in [5, 5.41) is 1.04. The van der Waals surface area contributed by atoms with Gasteiger partial charge in [-0.1, -0.05) is 18.2 Å². The molecule has 0 N–H and O–H groups in total. The number of benzene rings is 2. The fraction of sp³-hybridized carbons (Fsp3) is 0.130. The molecule has 0 saturated carbocycles. The minimum absolute atomic E-state index is 0.174. The number of furan rings is 1. The summed E-state index contributed by atoms with van der Waals surface area (Å²) in [6.45, 7) is 2.17. The highest BCUT2D eigenvalue weighted by Gasteiger charge is 2.13. The van der Waals surface area contributed by atoms with Gasteiger partial charge in [0.25, 0.3) is 0 Å². The van der Waals surface area contributed by atoms with E-state index in [1.54, 1.807) is 37.4 Å². The predicted octanol–water partition coefficient (Wildman–Crippen LogP) is 5.27. The van der Waals surface area contributed by atoms with E-state index in [0.29, 0.717) is 23.6 Å². The second-order valence-electron chi connectivity index (χ2n) is 6.68. The summed E-state index contributed by atoms with van der Waals surface area (Å²) in [6, 6.07) is 16.1. The van der Waals surface area contributed by atoms with Gasteiger partial charge in [-0.25, -0.2) is 9.18 Å². The average molecular weight is 390 g/mol. The molecular weight excluding hydrogens is 371 g/mol. The number of halogens is 1. The van der Waals surface area contributed by atoms with E-state index in [9.17, 15) is 9.18 Å². The Balaban J connectivity index is 1.66. The van der Waals surface area contributed by atoms with Crippen LogP contribution in [0.15, 0.2) is 70.2 Å². The average Bonchev–Trinajstić information content (AvgIpc) is 3.34. The number of ether oxygens (including phenoxy) is 1. The van der Waals surface area contributed by atoms with E-state index in [1.807, 2.05) is 35.0 Å². The number of carbonyl (C=O) groups excluding carboxylic acids is 1. The Morgan fingerprint density at radius 1 is 1.21 bits per heavy atom. The van der Waals surface area contributed by atoms with Crippen LogP contribution in [0.4, 0.5) is 10.1 Å². The van der Waals surface area contributed by atoms with E-state index in [4.69, 9.17) is 4.42 Å². The molecule has 2 heterocycles. The van der Waals surface area contributed by atoms with E-state index < -0.39 is 5.97 Å². The summed E-state index contributed by atoms with van der Waals surface area (Å²) in [4.78, 5) is 16.1. The first kappa shape index (κ1) is 18.7. The molecule has 0 unspecified atom stereocenters. The van der Waals surface area contributed by atoms with Crippen LogP contribution in [0.5, 0.6) is 0 Å². The van der Waals surface area contributed by atoms with Crippen LogP contribution in [0.25, 0.3) is 10.9 Å². The first-order valence-electron chi connectivity index (χ1n) is 9.10. The highest BCUT2D eigenvalue weighted by atomic mass is 19.1. The van der Waals surface area contributed by atoms with Gasteiger partial charge in [-0.3, -0.25) is 4.99 Å². The zero-order valence-electron chi connectivity index (χ0n) is 16.1. The highest BCUT2D eigenvalue weighted by Crippen LogP contribution is 2.23. The monoisotopic (exact) mass is 390 g/mol. The number of aromatic nitrogens is 1. The second-order valence-corrected chi connectivity index (χ2v) is 6.68. The number of hydrogen-bond donors (Lipinski definition) is 0. The standard InChI is InChI=1S/C23H19FN2O3/c1-15-11-17(7-9-20(15)24)25-12-16-13-26(21-6-4-3-5-19(16)21)14-18-8-10-22(29-18)23(27)28-2/h3-13H,14H2,1-2H3. The maximum atomic E-state index is 13.5. The van der Waals surface area contributed by atoms with Crippen molar-refractivity contribution in [2.75, 3.05) is 7.11 Å². The van der Waals surface area contributed by atoms with Crippen molar-refractivity contribution in [3.8, 4) is 0 Å². The third-order valence-corrected chi connectivity index (χ3v) is 4.69. The Bertz CT molecular complexity index is 1220. The van der Waals surface area contributed by atoms with Crippen LogP contribution in [0.2, 0.25) is 0 Å².